The molecule has 0 saturated carbocycles. The van der Waals surface area contributed by atoms with Gasteiger partial charge in [-0.15, -0.1) is 10.2 Å². The van der Waals surface area contributed by atoms with Crippen LogP contribution in [-0.2, 0) is 19.5 Å². The van der Waals surface area contributed by atoms with E-state index in [1.54, 1.807) is 6.07 Å². The summed E-state index contributed by atoms with van der Waals surface area (Å²) in [6.07, 6.45) is 3.04. The highest BCUT2D eigenvalue weighted by atomic mass is 19.1. The van der Waals surface area contributed by atoms with E-state index in [1.807, 2.05) is 15.5 Å². The van der Waals surface area contributed by atoms with E-state index in [9.17, 15) is 8.78 Å². The van der Waals surface area contributed by atoms with Crippen LogP contribution in [0.1, 0.15) is 17.2 Å². The number of hydrogen-bond donors (Lipinski definition) is 0. The summed E-state index contributed by atoms with van der Waals surface area (Å²) in [4.78, 5) is 9.65. The van der Waals surface area contributed by atoms with E-state index in [4.69, 9.17) is 0 Å². The molecule has 3 heterocycles. The second-order valence-corrected chi connectivity index (χ2v) is 5.61. The van der Waals surface area contributed by atoms with Gasteiger partial charge in [0.05, 0.1) is 18.9 Å². The van der Waals surface area contributed by atoms with E-state index in [-0.39, 0.29) is 5.82 Å². The van der Waals surface area contributed by atoms with Crippen molar-refractivity contribution in [3.05, 3.63) is 65.6 Å². The van der Waals surface area contributed by atoms with Crippen LogP contribution in [0.3, 0.4) is 0 Å². The lowest BCUT2D eigenvalue weighted by molar-refractivity contribution is 0.537. The molecule has 0 radical (unpaired) electrons. The summed E-state index contributed by atoms with van der Waals surface area (Å²) in [5.41, 5.74) is 0.858. The van der Waals surface area contributed by atoms with Gasteiger partial charge in [-0.3, -0.25) is 0 Å². The van der Waals surface area contributed by atoms with Gasteiger partial charge >= 0.3 is 0 Å². The molecule has 6 nitrogen and oxygen atoms in total. The van der Waals surface area contributed by atoms with Crippen LogP contribution >= 0.6 is 0 Å². The van der Waals surface area contributed by atoms with Crippen LogP contribution in [0.4, 0.5) is 14.6 Å². The van der Waals surface area contributed by atoms with Crippen molar-refractivity contribution in [2.75, 3.05) is 11.4 Å². The van der Waals surface area contributed by atoms with Crippen LogP contribution in [0.5, 0.6) is 0 Å². The molecule has 3 aromatic rings. The third-order valence-corrected chi connectivity index (χ3v) is 4.01. The largest absolute Gasteiger partial charge is 0.346 e. The number of fused-ring (bicyclic) bond motifs is 1. The molecule has 0 atom stereocenters. The quantitative estimate of drug-likeness (QED) is 0.735. The molecule has 8 heteroatoms. The maximum Gasteiger partial charge on any atom is 0.231 e. The Labute approximate surface area is 136 Å². The summed E-state index contributed by atoms with van der Waals surface area (Å²) in [5.74, 6) is 1.36. The normalized spacial score (nSPS) is 13.8. The topological polar surface area (TPSA) is 59.7 Å². The summed E-state index contributed by atoms with van der Waals surface area (Å²) >= 11 is 0. The molecule has 0 amide bonds. The number of anilines is 1. The minimum atomic E-state index is -0.601. The second-order valence-electron chi connectivity index (χ2n) is 5.61. The molecule has 1 aliphatic rings. The minimum absolute atomic E-state index is 0.257. The van der Waals surface area contributed by atoms with Crippen molar-refractivity contribution in [1.82, 2.24) is 24.7 Å². The van der Waals surface area contributed by atoms with Crippen molar-refractivity contribution in [2.24, 2.45) is 0 Å². The molecule has 0 aliphatic carbocycles. The lowest BCUT2D eigenvalue weighted by atomic mass is 10.1. The third kappa shape index (κ3) is 2.82. The van der Waals surface area contributed by atoms with Crippen LogP contribution in [0.25, 0.3) is 0 Å². The lowest BCUT2D eigenvalue weighted by Gasteiger charge is -2.28. The van der Waals surface area contributed by atoms with Crippen molar-refractivity contribution in [3.8, 4) is 0 Å². The first kappa shape index (κ1) is 14.7. The number of hydrogen-bond acceptors (Lipinski definition) is 5. The van der Waals surface area contributed by atoms with Gasteiger partial charge in [-0.1, -0.05) is 12.1 Å². The zero-order valence-electron chi connectivity index (χ0n) is 12.7. The van der Waals surface area contributed by atoms with Gasteiger partial charge in [0.1, 0.15) is 17.5 Å². The molecule has 1 aliphatic heterocycles. The maximum atomic E-state index is 13.3. The standard InChI is InChI=1S/C16H14F2N6/c17-12-3-1-2-11(6-12)7-14-21-22-16-10-23(4-5-24(14)16)15-9-19-13(18)8-20-15/h1-3,6,8-9H,4-5,7,10H2. The predicted octanol–water partition coefficient (Wildman–Crippen LogP) is 1.96. The van der Waals surface area contributed by atoms with E-state index < -0.39 is 5.95 Å². The van der Waals surface area contributed by atoms with Crippen molar-refractivity contribution in [3.63, 3.8) is 0 Å². The Morgan fingerprint density at radius 3 is 2.75 bits per heavy atom. The van der Waals surface area contributed by atoms with Gasteiger partial charge in [0.25, 0.3) is 0 Å². The Morgan fingerprint density at radius 1 is 1.04 bits per heavy atom. The highest BCUT2D eigenvalue weighted by Gasteiger charge is 2.22. The molecule has 2 aromatic heterocycles. The molecule has 4 rings (SSSR count). The first-order valence-electron chi connectivity index (χ1n) is 7.57. The number of rotatable bonds is 3. The van der Waals surface area contributed by atoms with Gasteiger partial charge in [0.15, 0.2) is 5.82 Å². The maximum absolute atomic E-state index is 13.3. The molecule has 0 bridgehead atoms. The van der Waals surface area contributed by atoms with Crippen molar-refractivity contribution < 1.29 is 8.78 Å². The zero-order chi connectivity index (χ0) is 16.5. The Hall–Kier alpha value is -2.90. The SMILES string of the molecule is Fc1cccc(Cc2nnc3n2CCN(c2cnc(F)cn2)C3)c1. The summed E-state index contributed by atoms with van der Waals surface area (Å²) in [6.45, 7) is 1.91. The van der Waals surface area contributed by atoms with E-state index in [0.29, 0.717) is 31.9 Å². The predicted molar refractivity (Wildman–Crippen MR) is 82.3 cm³/mol. The first-order valence-corrected chi connectivity index (χ1v) is 7.57. The summed E-state index contributed by atoms with van der Waals surface area (Å²) in [5, 5.41) is 8.46. The number of aromatic nitrogens is 5. The molecular weight excluding hydrogens is 314 g/mol. The molecule has 0 N–H and O–H groups in total. The average molecular weight is 328 g/mol. The van der Waals surface area contributed by atoms with Crippen LogP contribution < -0.4 is 4.90 Å². The lowest BCUT2D eigenvalue weighted by Crippen LogP contribution is -2.35. The van der Waals surface area contributed by atoms with Crippen LogP contribution in [0, 0.1) is 11.8 Å². The van der Waals surface area contributed by atoms with Gasteiger partial charge < -0.3 is 9.47 Å². The van der Waals surface area contributed by atoms with E-state index in [2.05, 4.69) is 20.2 Å². The van der Waals surface area contributed by atoms with Crippen LogP contribution in [-0.4, -0.2) is 31.3 Å². The molecule has 0 unspecified atom stereocenters. The van der Waals surface area contributed by atoms with Gasteiger partial charge in [-0.2, -0.15) is 4.39 Å². The van der Waals surface area contributed by atoms with Gasteiger partial charge in [-0.25, -0.2) is 14.4 Å². The van der Waals surface area contributed by atoms with E-state index in [1.165, 1.54) is 18.3 Å². The molecule has 1 aromatic carbocycles. The Balaban J connectivity index is 1.54. The van der Waals surface area contributed by atoms with Crippen molar-refractivity contribution >= 4 is 5.82 Å². The van der Waals surface area contributed by atoms with Crippen LogP contribution in [0.15, 0.2) is 36.7 Å². The highest BCUT2D eigenvalue weighted by molar-refractivity contribution is 5.36. The number of nitrogens with zero attached hydrogens (tertiary/aromatic N) is 6. The van der Waals surface area contributed by atoms with E-state index in [0.717, 1.165) is 23.4 Å². The fraction of sp³-hybridized carbons (Fsp3) is 0.250. The monoisotopic (exact) mass is 328 g/mol. The molecule has 0 spiro atoms. The molecular formula is C16H14F2N6. The fourth-order valence-corrected chi connectivity index (χ4v) is 2.84. The van der Waals surface area contributed by atoms with Crippen molar-refractivity contribution in [2.45, 2.75) is 19.5 Å². The zero-order valence-corrected chi connectivity index (χ0v) is 12.7. The average Bonchev–Trinajstić information content (AvgIpc) is 2.98. The Kier molecular flexibility index (Phi) is 3.64. The summed E-state index contributed by atoms with van der Waals surface area (Å²) in [6, 6.07) is 6.48. The van der Waals surface area contributed by atoms with E-state index >= 15 is 0 Å². The molecule has 122 valence electrons. The number of benzene rings is 1. The Morgan fingerprint density at radius 2 is 1.96 bits per heavy atom. The molecule has 0 saturated heterocycles. The van der Waals surface area contributed by atoms with Crippen molar-refractivity contribution in [1.29, 1.82) is 0 Å². The third-order valence-electron chi connectivity index (χ3n) is 4.01. The summed E-state index contributed by atoms with van der Waals surface area (Å²) in [7, 11) is 0. The first-order chi connectivity index (χ1) is 11.7. The van der Waals surface area contributed by atoms with Gasteiger partial charge in [-0.05, 0) is 17.7 Å². The molecule has 0 fully saturated rings. The highest BCUT2D eigenvalue weighted by Crippen LogP contribution is 2.19. The summed E-state index contributed by atoms with van der Waals surface area (Å²) < 4.78 is 28.2. The van der Waals surface area contributed by atoms with Gasteiger partial charge in [0, 0.05) is 19.5 Å². The number of halogens is 2. The smallest absolute Gasteiger partial charge is 0.231 e. The fourth-order valence-electron chi connectivity index (χ4n) is 2.84. The second kappa shape index (κ2) is 5.95. The van der Waals surface area contributed by atoms with Gasteiger partial charge in [0.2, 0.25) is 5.95 Å². The van der Waals surface area contributed by atoms with Crippen LogP contribution in [0.2, 0.25) is 0 Å². The minimum Gasteiger partial charge on any atom is -0.346 e. The molecule has 24 heavy (non-hydrogen) atoms. The Bertz CT molecular complexity index is 861.